The minimum Gasteiger partial charge on any atom is -0.316 e. The molecule has 5 heteroatoms. The van der Waals surface area contributed by atoms with Crippen molar-refractivity contribution in [1.29, 1.82) is 0 Å². The Morgan fingerprint density at radius 3 is 2.11 bits per heavy atom. The van der Waals surface area contributed by atoms with Crippen molar-refractivity contribution in [1.82, 2.24) is 5.32 Å². The van der Waals surface area contributed by atoms with E-state index in [0.717, 1.165) is 6.07 Å². The Balaban J connectivity index is 0.00000162. The fourth-order valence-electron chi connectivity index (χ4n) is 2.40. The van der Waals surface area contributed by atoms with Gasteiger partial charge in [-0.2, -0.15) is 0 Å². The van der Waals surface area contributed by atoms with E-state index in [2.05, 4.69) is 5.32 Å². The van der Waals surface area contributed by atoms with Gasteiger partial charge in [0, 0.05) is 12.0 Å². The molecule has 0 saturated carbocycles. The molecule has 1 aliphatic heterocycles. The molecule has 0 unspecified atom stereocenters. The number of benzene rings is 1. The number of nitrogens with one attached hydrogen (secondary N) is 1. The van der Waals surface area contributed by atoms with Crippen molar-refractivity contribution in [2.45, 2.75) is 31.4 Å². The predicted octanol–water partition coefficient (Wildman–Crippen LogP) is 3.58. The van der Waals surface area contributed by atoms with Crippen LogP contribution in [0, 0.1) is 11.6 Å². The monoisotopic (exact) mass is 279 g/mol. The molecular formula is C13H17ClF3N. The standard InChI is InChI=1S/C13H16F3N.ClH/c1-9(13(16)2-4-17-5-3-13)10-6-11(14)8-12(15)7-10;/h6-9,17H,2-5H2,1H3;1H/t9-;/m0./s1. The second-order valence-electron chi connectivity index (χ2n) is 4.71. The van der Waals surface area contributed by atoms with Crippen molar-refractivity contribution in [3.8, 4) is 0 Å². The highest BCUT2D eigenvalue weighted by atomic mass is 35.5. The summed E-state index contributed by atoms with van der Waals surface area (Å²) in [6.45, 7) is 2.91. The van der Waals surface area contributed by atoms with Crippen molar-refractivity contribution >= 4 is 12.4 Å². The molecule has 2 rings (SSSR count). The molecule has 0 bridgehead atoms. The first-order valence-electron chi connectivity index (χ1n) is 5.87. The Kier molecular flexibility index (Phi) is 5.05. The summed E-state index contributed by atoms with van der Waals surface area (Å²) < 4.78 is 40.8. The van der Waals surface area contributed by atoms with Gasteiger partial charge in [-0.25, -0.2) is 13.2 Å². The third-order valence-electron chi connectivity index (χ3n) is 3.60. The van der Waals surface area contributed by atoms with Crippen molar-refractivity contribution in [3.63, 3.8) is 0 Å². The highest BCUT2D eigenvalue weighted by molar-refractivity contribution is 5.85. The first-order valence-corrected chi connectivity index (χ1v) is 5.87. The Morgan fingerprint density at radius 2 is 1.61 bits per heavy atom. The van der Waals surface area contributed by atoms with Crippen LogP contribution in [0.1, 0.15) is 31.2 Å². The van der Waals surface area contributed by atoms with Gasteiger partial charge in [0.05, 0.1) is 0 Å². The van der Waals surface area contributed by atoms with Gasteiger partial charge in [0.15, 0.2) is 0 Å². The van der Waals surface area contributed by atoms with E-state index in [0.29, 0.717) is 31.5 Å². The Labute approximate surface area is 111 Å². The summed E-state index contributed by atoms with van der Waals surface area (Å²) in [5, 5.41) is 3.08. The molecule has 0 spiro atoms. The van der Waals surface area contributed by atoms with Gasteiger partial charge in [-0.15, -0.1) is 12.4 Å². The van der Waals surface area contributed by atoms with E-state index in [1.165, 1.54) is 12.1 Å². The molecule has 1 fully saturated rings. The third-order valence-corrected chi connectivity index (χ3v) is 3.60. The summed E-state index contributed by atoms with van der Waals surface area (Å²) >= 11 is 0. The molecule has 1 aromatic carbocycles. The maximum Gasteiger partial charge on any atom is 0.126 e. The lowest BCUT2D eigenvalue weighted by Gasteiger charge is -2.35. The molecule has 18 heavy (non-hydrogen) atoms. The van der Waals surface area contributed by atoms with E-state index in [1.54, 1.807) is 6.92 Å². The van der Waals surface area contributed by atoms with E-state index in [1.807, 2.05) is 0 Å². The van der Waals surface area contributed by atoms with E-state index in [4.69, 9.17) is 0 Å². The third kappa shape index (κ3) is 3.18. The van der Waals surface area contributed by atoms with Crippen LogP contribution in [0.5, 0.6) is 0 Å². The maximum atomic E-state index is 14.6. The normalized spacial score (nSPS) is 20.0. The van der Waals surface area contributed by atoms with Crippen molar-refractivity contribution in [3.05, 3.63) is 35.4 Å². The number of halogens is 4. The summed E-state index contributed by atoms with van der Waals surface area (Å²) in [6.07, 6.45) is 0.762. The summed E-state index contributed by atoms with van der Waals surface area (Å²) in [5.74, 6) is -1.79. The number of rotatable bonds is 2. The summed E-state index contributed by atoms with van der Waals surface area (Å²) in [4.78, 5) is 0. The Morgan fingerprint density at radius 1 is 1.11 bits per heavy atom. The molecule has 0 aromatic heterocycles. The lowest BCUT2D eigenvalue weighted by Crippen LogP contribution is -2.42. The van der Waals surface area contributed by atoms with Crippen LogP contribution >= 0.6 is 12.4 Å². The van der Waals surface area contributed by atoms with Crippen LogP contribution in [0.4, 0.5) is 13.2 Å². The van der Waals surface area contributed by atoms with E-state index in [9.17, 15) is 13.2 Å². The van der Waals surface area contributed by atoms with Gasteiger partial charge in [-0.3, -0.25) is 0 Å². The zero-order valence-corrected chi connectivity index (χ0v) is 11.0. The van der Waals surface area contributed by atoms with Crippen LogP contribution in [0.15, 0.2) is 18.2 Å². The Hall–Kier alpha value is -0.740. The molecular weight excluding hydrogens is 263 g/mol. The minimum atomic E-state index is -1.37. The first kappa shape index (κ1) is 15.3. The number of piperidine rings is 1. The van der Waals surface area contributed by atoms with Crippen LogP contribution in [-0.2, 0) is 0 Å². The molecule has 1 aromatic rings. The van der Waals surface area contributed by atoms with E-state index >= 15 is 0 Å². The minimum absolute atomic E-state index is 0. The van der Waals surface area contributed by atoms with Crippen molar-refractivity contribution < 1.29 is 13.2 Å². The van der Waals surface area contributed by atoms with Crippen LogP contribution in [0.25, 0.3) is 0 Å². The lowest BCUT2D eigenvalue weighted by atomic mass is 9.79. The molecule has 1 saturated heterocycles. The van der Waals surface area contributed by atoms with Crippen LogP contribution in [0.2, 0.25) is 0 Å². The molecule has 1 aliphatic rings. The van der Waals surface area contributed by atoms with Gasteiger partial charge in [0.25, 0.3) is 0 Å². The van der Waals surface area contributed by atoms with Crippen molar-refractivity contribution in [2.24, 2.45) is 0 Å². The molecule has 1 heterocycles. The maximum absolute atomic E-state index is 14.6. The van der Waals surface area contributed by atoms with Crippen LogP contribution < -0.4 is 5.32 Å². The zero-order chi connectivity index (χ0) is 12.5. The number of hydrogen-bond acceptors (Lipinski definition) is 1. The highest BCUT2D eigenvalue weighted by Gasteiger charge is 2.38. The quantitative estimate of drug-likeness (QED) is 0.872. The summed E-state index contributed by atoms with van der Waals surface area (Å²) in [5.41, 5.74) is -0.974. The second kappa shape index (κ2) is 5.93. The van der Waals surface area contributed by atoms with Crippen LogP contribution in [-0.4, -0.2) is 18.8 Å². The lowest BCUT2D eigenvalue weighted by molar-refractivity contribution is 0.0879. The first-order chi connectivity index (χ1) is 8.01. The average molecular weight is 280 g/mol. The van der Waals surface area contributed by atoms with Gasteiger partial charge in [0.2, 0.25) is 0 Å². The second-order valence-corrected chi connectivity index (χ2v) is 4.71. The highest BCUT2D eigenvalue weighted by Crippen LogP contribution is 2.38. The van der Waals surface area contributed by atoms with Gasteiger partial charge < -0.3 is 5.32 Å². The average Bonchev–Trinajstić information content (AvgIpc) is 2.27. The van der Waals surface area contributed by atoms with Gasteiger partial charge in [0.1, 0.15) is 17.3 Å². The SMILES string of the molecule is C[C@@H](c1cc(F)cc(F)c1)C1(F)CCNCC1.Cl. The van der Waals surface area contributed by atoms with Gasteiger partial charge in [-0.1, -0.05) is 6.92 Å². The predicted molar refractivity (Wildman–Crippen MR) is 68.0 cm³/mol. The summed E-state index contributed by atoms with van der Waals surface area (Å²) in [7, 11) is 0. The molecule has 1 nitrogen and oxygen atoms in total. The molecule has 1 atom stereocenters. The Bertz CT molecular complexity index is 385. The number of hydrogen-bond donors (Lipinski definition) is 1. The van der Waals surface area contributed by atoms with Gasteiger partial charge in [-0.05, 0) is 43.6 Å². The largest absolute Gasteiger partial charge is 0.316 e. The topological polar surface area (TPSA) is 12.0 Å². The molecule has 1 N–H and O–H groups in total. The van der Waals surface area contributed by atoms with Crippen LogP contribution in [0.3, 0.4) is 0 Å². The molecule has 0 amide bonds. The molecule has 102 valence electrons. The number of alkyl halides is 1. The smallest absolute Gasteiger partial charge is 0.126 e. The zero-order valence-electron chi connectivity index (χ0n) is 10.2. The van der Waals surface area contributed by atoms with Gasteiger partial charge >= 0.3 is 0 Å². The fraction of sp³-hybridized carbons (Fsp3) is 0.538. The van der Waals surface area contributed by atoms with E-state index < -0.39 is 23.2 Å². The summed E-state index contributed by atoms with van der Waals surface area (Å²) in [6, 6.07) is 3.25. The van der Waals surface area contributed by atoms with E-state index in [-0.39, 0.29) is 12.4 Å². The fourth-order valence-corrected chi connectivity index (χ4v) is 2.40. The van der Waals surface area contributed by atoms with Crippen molar-refractivity contribution in [2.75, 3.05) is 13.1 Å². The molecule has 0 radical (unpaired) electrons. The molecule has 0 aliphatic carbocycles.